The lowest BCUT2D eigenvalue weighted by Gasteiger charge is -2.29. The highest BCUT2D eigenvalue weighted by Crippen LogP contribution is 2.23. The van der Waals surface area contributed by atoms with Gasteiger partial charge in [0.25, 0.3) is 0 Å². The van der Waals surface area contributed by atoms with Crippen molar-refractivity contribution in [2.75, 3.05) is 26.3 Å². The molecular formula is C14H18N2O2. The van der Waals surface area contributed by atoms with Crippen LogP contribution >= 0.6 is 0 Å². The fourth-order valence-corrected chi connectivity index (χ4v) is 2.25. The molecule has 1 saturated heterocycles. The number of nitrogens with one attached hydrogen (secondary N) is 1. The standard InChI is InChI=1S/C14H18N2O2/c1-11(15-16-6-8-17-9-7-16)14-10-12-4-2-3-5-13(12)18-14/h2-5,10-11,15H,6-9H2,1H3. The number of hydrogen-bond donors (Lipinski definition) is 1. The van der Waals surface area contributed by atoms with Crippen molar-refractivity contribution in [2.45, 2.75) is 13.0 Å². The molecule has 1 aromatic heterocycles. The summed E-state index contributed by atoms with van der Waals surface area (Å²) in [6.45, 7) is 5.54. The van der Waals surface area contributed by atoms with Crippen LogP contribution in [0.2, 0.25) is 0 Å². The monoisotopic (exact) mass is 246 g/mol. The molecule has 0 saturated carbocycles. The fraction of sp³-hybridized carbons (Fsp3) is 0.429. The maximum Gasteiger partial charge on any atom is 0.134 e. The van der Waals surface area contributed by atoms with Gasteiger partial charge in [-0.15, -0.1) is 0 Å². The highest BCUT2D eigenvalue weighted by molar-refractivity contribution is 5.77. The maximum absolute atomic E-state index is 5.85. The topological polar surface area (TPSA) is 37.6 Å². The van der Waals surface area contributed by atoms with Crippen LogP contribution < -0.4 is 5.43 Å². The van der Waals surface area contributed by atoms with E-state index in [2.05, 4.69) is 29.5 Å². The Bertz CT molecular complexity index is 484. The summed E-state index contributed by atoms with van der Waals surface area (Å²) in [4.78, 5) is 0. The summed E-state index contributed by atoms with van der Waals surface area (Å²) in [6, 6.07) is 10.4. The summed E-state index contributed by atoms with van der Waals surface area (Å²) in [5, 5.41) is 3.35. The Kier molecular flexibility index (Phi) is 3.32. The first-order valence-electron chi connectivity index (χ1n) is 6.40. The van der Waals surface area contributed by atoms with Gasteiger partial charge in [0.1, 0.15) is 11.3 Å². The number of hydrazine groups is 1. The van der Waals surface area contributed by atoms with Crippen molar-refractivity contribution < 1.29 is 9.15 Å². The van der Waals surface area contributed by atoms with Crippen molar-refractivity contribution in [3.05, 3.63) is 36.1 Å². The minimum absolute atomic E-state index is 0.176. The Morgan fingerprint density at radius 1 is 1.22 bits per heavy atom. The first kappa shape index (κ1) is 11.7. The zero-order chi connectivity index (χ0) is 12.4. The Balaban J connectivity index is 1.72. The number of furan rings is 1. The fourth-order valence-electron chi connectivity index (χ4n) is 2.25. The number of hydrogen-bond acceptors (Lipinski definition) is 4. The second-order valence-electron chi connectivity index (χ2n) is 4.64. The van der Waals surface area contributed by atoms with Gasteiger partial charge in [-0.2, -0.15) is 0 Å². The lowest BCUT2D eigenvalue weighted by molar-refractivity contribution is 0.00331. The third-order valence-electron chi connectivity index (χ3n) is 3.26. The van der Waals surface area contributed by atoms with Crippen molar-refractivity contribution >= 4 is 11.0 Å². The molecule has 4 nitrogen and oxygen atoms in total. The number of nitrogens with zero attached hydrogens (tertiary/aromatic N) is 1. The van der Waals surface area contributed by atoms with Crippen LogP contribution in [0, 0.1) is 0 Å². The number of para-hydroxylation sites is 1. The van der Waals surface area contributed by atoms with Crippen LogP contribution in [0.1, 0.15) is 18.7 Å². The minimum atomic E-state index is 0.176. The SMILES string of the molecule is CC(NN1CCOCC1)c1cc2ccccc2o1. The maximum atomic E-state index is 5.85. The average Bonchev–Trinajstić information content (AvgIpc) is 2.84. The molecule has 0 spiro atoms. The van der Waals surface area contributed by atoms with Gasteiger partial charge in [-0.05, 0) is 19.1 Å². The van der Waals surface area contributed by atoms with E-state index < -0.39 is 0 Å². The molecule has 2 heterocycles. The molecule has 0 amide bonds. The molecule has 1 aliphatic rings. The van der Waals surface area contributed by atoms with E-state index in [1.165, 1.54) is 0 Å². The number of ether oxygens (including phenoxy) is 1. The normalized spacial score (nSPS) is 19.2. The van der Waals surface area contributed by atoms with E-state index in [4.69, 9.17) is 9.15 Å². The van der Waals surface area contributed by atoms with Gasteiger partial charge in [-0.3, -0.25) is 0 Å². The van der Waals surface area contributed by atoms with Gasteiger partial charge < -0.3 is 9.15 Å². The van der Waals surface area contributed by atoms with E-state index in [1.807, 2.05) is 18.2 Å². The summed E-state index contributed by atoms with van der Waals surface area (Å²) in [6.07, 6.45) is 0. The lowest BCUT2D eigenvalue weighted by atomic mass is 10.2. The third-order valence-corrected chi connectivity index (χ3v) is 3.26. The lowest BCUT2D eigenvalue weighted by Crippen LogP contribution is -2.46. The Morgan fingerprint density at radius 2 is 2.00 bits per heavy atom. The molecule has 1 aliphatic heterocycles. The van der Waals surface area contributed by atoms with Gasteiger partial charge in [-0.25, -0.2) is 10.4 Å². The van der Waals surface area contributed by atoms with Gasteiger partial charge in [0.15, 0.2) is 0 Å². The van der Waals surface area contributed by atoms with Gasteiger partial charge in [0.2, 0.25) is 0 Å². The van der Waals surface area contributed by atoms with Crippen LogP contribution in [0.3, 0.4) is 0 Å². The zero-order valence-electron chi connectivity index (χ0n) is 10.6. The van der Waals surface area contributed by atoms with Crippen LogP contribution in [0.4, 0.5) is 0 Å². The molecule has 0 radical (unpaired) electrons. The van der Waals surface area contributed by atoms with Crippen molar-refractivity contribution in [2.24, 2.45) is 0 Å². The van der Waals surface area contributed by atoms with Gasteiger partial charge >= 0.3 is 0 Å². The molecule has 0 bridgehead atoms. The summed E-state index contributed by atoms with van der Waals surface area (Å²) in [5.41, 5.74) is 4.40. The van der Waals surface area contributed by atoms with Crippen LogP contribution in [-0.2, 0) is 4.74 Å². The summed E-state index contributed by atoms with van der Waals surface area (Å²) in [5.74, 6) is 0.975. The van der Waals surface area contributed by atoms with Gasteiger partial charge in [0, 0.05) is 18.5 Å². The van der Waals surface area contributed by atoms with Crippen molar-refractivity contribution in [1.82, 2.24) is 10.4 Å². The predicted molar refractivity (Wildman–Crippen MR) is 70.2 cm³/mol. The van der Waals surface area contributed by atoms with Crippen LogP contribution in [0.25, 0.3) is 11.0 Å². The van der Waals surface area contributed by atoms with Crippen molar-refractivity contribution in [3.8, 4) is 0 Å². The molecular weight excluding hydrogens is 228 g/mol. The molecule has 4 heteroatoms. The largest absolute Gasteiger partial charge is 0.459 e. The molecule has 1 atom stereocenters. The highest BCUT2D eigenvalue weighted by Gasteiger charge is 2.16. The first-order chi connectivity index (χ1) is 8.83. The third kappa shape index (κ3) is 2.41. The molecule has 0 aliphatic carbocycles. The molecule has 18 heavy (non-hydrogen) atoms. The number of morpholine rings is 1. The molecule has 1 aromatic carbocycles. The second kappa shape index (κ2) is 5.10. The Labute approximate surface area is 106 Å². The minimum Gasteiger partial charge on any atom is -0.459 e. The quantitative estimate of drug-likeness (QED) is 0.902. The molecule has 2 aromatic rings. The van der Waals surface area contributed by atoms with E-state index >= 15 is 0 Å². The molecule has 1 N–H and O–H groups in total. The smallest absolute Gasteiger partial charge is 0.134 e. The molecule has 3 rings (SSSR count). The van der Waals surface area contributed by atoms with E-state index in [9.17, 15) is 0 Å². The zero-order valence-corrected chi connectivity index (χ0v) is 10.6. The van der Waals surface area contributed by atoms with E-state index in [-0.39, 0.29) is 6.04 Å². The number of benzene rings is 1. The highest BCUT2D eigenvalue weighted by atomic mass is 16.5. The number of fused-ring (bicyclic) bond motifs is 1. The molecule has 96 valence electrons. The number of rotatable bonds is 3. The van der Waals surface area contributed by atoms with Crippen LogP contribution in [0.15, 0.2) is 34.7 Å². The first-order valence-corrected chi connectivity index (χ1v) is 6.40. The van der Waals surface area contributed by atoms with Crippen molar-refractivity contribution in [3.63, 3.8) is 0 Å². The van der Waals surface area contributed by atoms with Crippen molar-refractivity contribution in [1.29, 1.82) is 0 Å². The van der Waals surface area contributed by atoms with Crippen LogP contribution in [0.5, 0.6) is 0 Å². The van der Waals surface area contributed by atoms with Crippen LogP contribution in [-0.4, -0.2) is 31.3 Å². The average molecular weight is 246 g/mol. The second-order valence-corrected chi connectivity index (χ2v) is 4.64. The molecule has 1 unspecified atom stereocenters. The summed E-state index contributed by atoms with van der Waals surface area (Å²) in [7, 11) is 0. The van der Waals surface area contributed by atoms with E-state index in [1.54, 1.807) is 0 Å². The Hall–Kier alpha value is -1.36. The Morgan fingerprint density at radius 3 is 2.78 bits per heavy atom. The summed E-state index contributed by atoms with van der Waals surface area (Å²) < 4.78 is 11.2. The van der Waals surface area contributed by atoms with Gasteiger partial charge in [-0.1, -0.05) is 18.2 Å². The van der Waals surface area contributed by atoms with E-state index in [0.29, 0.717) is 0 Å². The predicted octanol–water partition coefficient (Wildman–Crippen LogP) is 2.33. The molecule has 1 fully saturated rings. The summed E-state index contributed by atoms with van der Waals surface area (Å²) >= 11 is 0. The van der Waals surface area contributed by atoms with E-state index in [0.717, 1.165) is 43.0 Å². The van der Waals surface area contributed by atoms with Gasteiger partial charge in [0.05, 0.1) is 19.3 Å².